The lowest BCUT2D eigenvalue weighted by atomic mass is 10.0. The first-order chi connectivity index (χ1) is 13.4. The van der Waals surface area contributed by atoms with Crippen molar-refractivity contribution >= 4 is 34.8 Å². The van der Waals surface area contributed by atoms with Gasteiger partial charge in [0.1, 0.15) is 0 Å². The van der Waals surface area contributed by atoms with E-state index in [0.29, 0.717) is 32.6 Å². The molecule has 1 N–H and O–H groups in total. The summed E-state index contributed by atoms with van der Waals surface area (Å²) in [5.74, 6) is -0.272. The third kappa shape index (κ3) is 3.07. The summed E-state index contributed by atoms with van der Waals surface area (Å²) in [6.07, 6.45) is -1.34. The molecule has 1 unspecified atom stereocenters. The molecule has 9 heteroatoms. The largest absolute Gasteiger partial charge is 0.365 e. The predicted molar refractivity (Wildman–Crippen MR) is 106 cm³/mol. The van der Waals surface area contributed by atoms with Gasteiger partial charge >= 0.3 is 0 Å². The maximum Gasteiger partial charge on any atom is 0.293 e. The van der Waals surface area contributed by atoms with Crippen molar-refractivity contribution < 1.29 is 9.90 Å². The van der Waals surface area contributed by atoms with Crippen molar-refractivity contribution in [3.05, 3.63) is 75.3 Å². The zero-order valence-electron chi connectivity index (χ0n) is 15.0. The standard InChI is InChI=1S/C19H15Cl2N5O2/c1-25(2)19(28)16-23-17-18(27)22-15(11-5-3-4-6-13(11)21)12-9-10(20)7-8-14(12)26(17)24-16/h3-9,18,27H,1-2H3. The fraction of sp³-hybridized carbons (Fsp3) is 0.158. The molecule has 4 rings (SSSR count). The molecular weight excluding hydrogens is 401 g/mol. The summed E-state index contributed by atoms with van der Waals surface area (Å²) in [6.45, 7) is 0. The van der Waals surface area contributed by atoms with Crippen LogP contribution in [0.4, 0.5) is 0 Å². The number of hydrogen-bond acceptors (Lipinski definition) is 5. The number of aliphatic hydroxyl groups excluding tert-OH is 1. The Balaban J connectivity index is 1.98. The first kappa shape index (κ1) is 18.6. The molecule has 2 aromatic carbocycles. The van der Waals surface area contributed by atoms with Gasteiger partial charge in [-0.25, -0.2) is 14.7 Å². The summed E-state index contributed by atoms with van der Waals surface area (Å²) in [5.41, 5.74) is 2.30. The highest BCUT2D eigenvalue weighted by Crippen LogP contribution is 2.32. The third-order valence-corrected chi connectivity index (χ3v) is 4.85. The van der Waals surface area contributed by atoms with Gasteiger partial charge in [-0.3, -0.25) is 4.79 Å². The average Bonchev–Trinajstić information content (AvgIpc) is 3.07. The molecule has 2 heterocycles. The molecule has 0 saturated carbocycles. The number of nitrogens with zero attached hydrogens (tertiary/aromatic N) is 5. The second kappa shape index (κ2) is 7.01. The van der Waals surface area contributed by atoms with Crippen LogP contribution in [0.15, 0.2) is 47.5 Å². The predicted octanol–water partition coefficient (Wildman–Crippen LogP) is 3.12. The number of rotatable bonds is 2. The number of hydrogen-bond donors (Lipinski definition) is 1. The number of carbonyl (C=O) groups is 1. The maximum absolute atomic E-state index is 12.3. The van der Waals surface area contributed by atoms with Crippen LogP contribution in [0, 0.1) is 0 Å². The molecule has 0 aliphatic carbocycles. The van der Waals surface area contributed by atoms with Crippen molar-refractivity contribution in [3.8, 4) is 5.69 Å². The minimum absolute atomic E-state index is 0.0312. The van der Waals surface area contributed by atoms with Crippen molar-refractivity contribution in [1.29, 1.82) is 0 Å². The van der Waals surface area contributed by atoms with Gasteiger partial charge in [-0.1, -0.05) is 41.4 Å². The molecule has 0 saturated heterocycles. The number of carbonyl (C=O) groups excluding carboxylic acids is 1. The molecule has 0 bridgehead atoms. The van der Waals surface area contributed by atoms with Gasteiger partial charge in [-0.05, 0) is 24.3 Å². The number of amides is 1. The molecule has 1 amide bonds. The van der Waals surface area contributed by atoms with E-state index in [4.69, 9.17) is 23.2 Å². The van der Waals surface area contributed by atoms with Crippen LogP contribution in [0.1, 0.15) is 33.8 Å². The molecule has 142 valence electrons. The summed E-state index contributed by atoms with van der Waals surface area (Å²) in [4.78, 5) is 22.3. The number of halogens is 2. The molecule has 28 heavy (non-hydrogen) atoms. The van der Waals surface area contributed by atoms with Crippen LogP contribution in [0.3, 0.4) is 0 Å². The summed E-state index contributed by atoms with van der Waals surface area (Å²) in [6, 6.07) is 12.3. The van der Waals surface area contributed by atoms with Crippen LogP contribution in [0.5, 0.6) is 0 Å². The molecule has 7 nitrogen and oxygen atoms in total. The zero-order valence-corrected chi connectivity index (χ0v) is 16.5. The molecule has 1 aromatic heterocycles. The Morgan fingerprint density at radius 3 is 2.61 bits per heavy atom. The minimum atomic E-state index is -1.34. The van der Waals surface area contributed by atoms with Gasteiger partial charge in [0.15, 0.2) is 5.82 Å². The van der Waals surface area contributed by atoms with Gasteiger partial charge in [0.25, 0.3) is 5.91 Å². The second-order valence-electron chi connectivity index (χ2n) is 6.40. The number of aromatic nitrogens is 3. The Hall–Kier alpha value is -2.74. The quantitative estimate of drug-likeness (QED) is 0.696. The third-order valence-electron chi connectivity index (χ3n) is 4.28. The van der Waals surface area contributed by atoms with Crippen LogP contribution in [-0.2, 0) is 0 Å². The molecule has 3 aromatic rings. The van der Waals surface area contributed by atoms with Gasteiger partial charge < -0.3 is 10.0 Å². The molecular formula is C19H15Cl2N5O2. The smallest absolute Gasteiger partial charge is 0.293 e. The van der Waals surface area contributed by atoms with Crippen molar-refractivity contribution in [2.24, 2.45) is 4.99 Å². The van der Waals surface area contributed by atoms with Crippen LogP contribution < -0.4 is 0 Å². The van der Waals surface area contributed by atoms with Gasteiger partial charge in [0.2, 0.25) is 12.1 Å². The number of aliphatic imine (C=N–C) groups is 1. The first-order valence-electron chi connectivity index (χ1n) is 8.36. The normalized spacial score (nSPS) is 15.3. The summed E-state index contributed by atoms with van der Waals surface area (Å²) < 4.78 is 1.42. The zero-order chi connectivity index (χ0) is 20.0. The molecule has 0 radical (unpaired) electrons. The highest BCUT2D eigenvalue weighted by molar-refractivity contribution is 6.36. The lowest BCUT2D eigenvalue weighted by molar-refractivity contribution is 0.0815. The summed E-state index contributed by atoms with van der Waals surface area (Å²) in [5, 5.41) is 16.0. The summed E-state index contributed by atoms with van der Waals surface area (Å²) in [7, 11) is 3.21. The van der Waals surface area contributed by atoms with Crippen LogP contribution in [0.25, 0.3) is 5.69 Å². The Labute approximate surface area is 170 Å². The van der Waals surface area contributed by atoms with Gasteiger partial charge in [-0.15, -0.1) is 5.10 Å². The van der Waals surface area contributed by atoms with Crippen molar-refractivity contribution in [2.75, 3.05) is 14.1 Å². The van der Waals surface area contributed by atoms with E-state index in [1.807, 2.05) is 12.1 Å². The fourth-order valence-corrected chi connectivity index (χ4v) is 3.36. The lowest BCUT2D eigenvalue weighted by Crippen LogP contribution is -2.23. The van der Waals surface area contributed by atoms with Crippen molar-refractivity contribution in [3.63, 3.8) is 0 Å². The molecule has 1 aliphatic rings. The van der Waals surface area contributed by atoms with E-state index in [1.54, 1.807) is 44.4 Å². The van der Waals surface area contributed by atoms with E-state index in [0.717, 1.165) is 0 Å². The molecule has 1 aliphatic heterocycles. The maximum atomic E-state index is 12.3. The van der Waals surface area contributed by atoms with E-state index in [2.05, 4.69) is 15.1 Å². The number of fused-ring (bicyclic) bond motifs is 3. The summed E-state index contributed by atoms with van der Waals surface area (Å²) >= 11 is 12.6. The Morgan fingerprint density at radius 2 is 1.89 bits per heavy atom. The molecule has 0 spiro atoms. The van der Waals surface area contributed by atoms with E-state index >= 15 is 0 Å². The molecule has 0 fully saturated rings. The van der Waals surface area contributed by atoms with E-state index in [-0.39, 0.29) is 17.6 Å². The SMILES string of the molecule is CN(C)C(=O)c1nc2n(n1)-c1ccc(Cl)cc1C(c1ccccc1Cl)=NC2O. The highest BCUT2D eigenvalue weighted by atomic mass is 35.5. The van der Waals surface area contributed by atoms with Crippen LogP contribution in [0.2, 0.25) is 10.0 Å². The van der Waals surface area contributed by atoms with Crippen LogP contribution >= 0.6 is 23.2 Å². The van der Waals surface area contributed by atoms with Gasteiger partial charge in [-0.2, -0.15) is 0 Å². The Kier molecular flexibility index (Phi) is 4.66. The minimum Gasteiger partial charge on any atom is -0.365 e. The lowest BCUT2D eigenvalue weighted by Gasteiger charge is -2.12. The van der Waals surface area contributed by atoms with Crippen molar-refractivity contribution in [1.82, 2.24) is 19.7 Å². The second-order valence-corrected chi connectivity index (χ2v) is 7.24. The van der Waals surface area contributed by atoms with E-state index in [9.17, 15) is 9.90 Å². The van der Waals surface area contributed by atoms with E-state index in [1.165, 1.54) is 9.58 Å². The fourth-order valence-electron chi connectivity index (χ4n) is 2.96. The highest BCUT2D eigenvalue weighted by Gasteiger charge is 2.29. The Bertz CT molecular complexity index is 1120. The van der Waals surface area contributed by atoms with Gasteiger partial charge in [0.05, 0.1) is 11.4 Å². The van der Waals surface area contributed by atoms with Crippen molar-refractivity contribution in [2.45, 2.75) is 6.23 Å². The first-order valence-corrected chi connectivity index (χ1v) is 9.12. The number of aliphatic hydroxyl groups is 1. The number of benzene rings is 2. The topological polar surface area (TPSA) is 83.6 Å². The monoisotopic (exact) mass is 415 g/mol. The molecule has 1 atom stereocenters. The Morgan fingerprint density at radius 1 is 1.14 bits per heavy atom. The van der Waals surface area contributed by atoms with Gasteiger partial charge in [0, 0.05) is 35.3 Å². The van der Waals surface area contributed by atoms with E-state index < -0.39 is 6.23 Å². The van der Waals surface area contributed by atoms with Crippen LogP contribution in [-0.4, -0.2) is 50.5 Å². The average molecular weight is 416 g/mol.